The number of nitrogens with one attached hydrogen (secondary N) is 4. The standard InChI is InChI=1S/C18H29N5O/c1-2-21-9-6-16(7-10-21)20-18(24)15-22-11-13-23(14-12-22)17-5-3-4-8-19-17/h3-5,8,16H,2,6-7,9-15H2,1H3,(H,20,24)/p+3. The van der Waals surface area contributed by atoms with Gasteiger partial charge in [0.25, 0.3) is 11.7 Å². The van der Waals surface area contributed by atoms with Gasteiger partial charge in [0.05, 0.1) is 25.8 Å². The van der Waals surface area contributed by atoms with Crippen LogP contribution < -0.4 is 25.0 Å². The summed E-state index contributed by atoms with van der Waals surface area (Å²) >= 11 is 0. The number of quaternary nitrogens is 2. The van der Waals surface area contributed by atoms with E-state index in [1.165, 1.54) is 30.4 Å². The van der Waals surface area contributed by atoms with Crippen molar-refractivity contribution in [1.82, 2.24) is 5.32 Å². The molecule has 4 N–H and O–H groups in total. The van der Waals surface area contributed by atoms with Crippen LogP contribution in [0.4, 0.5) is 5.82 Å². The van der Waals surface area contributed by atoms with Crippen molar-refractivity contribution >= 4 is 11.7 Å². The smallest absolute Gasteiger partial charge is 0.275 e. The Bertz CT molecular complexity index is 507. The van der Waals surface area contributed by atoms with E-state index in [1.54, 1.807) is 4.90 Å². The highest BCUT2D eigenvalue weighted by Crippen LogP contribution is 2.04. The predicted molar refractivity (Wildman–Crippen MR) is 93.2 cm³/mol. The van der Waals surface area contributed by atoms with Crippen LogP contribution in [-0.4, -0.2) is 64.3 Å². The molecule has 0 aliphatic carbocycles. The van der Waals surface area contributed by atoms with Gasteiger partial charge < -0.3 is 15.1 Å². The van der Waals surface area contributed by atoms with E-state index in [0.717, 1.165) is 39.0 Å². The normalized spacial score (nSPS) is 25.5. The number of carbonyl (C=O) groups is 1. The first kappa shape index (κ1) is 17.2. The summed E-state index contributed by atoms with van der Waals surface area (Å²) in [6.45, 7) is 10.5. The summed E-state index contributed by atoms with van der Waals surface area (Å²) in [7, 11) is 0. The summed E-state index contributed by atoms with van der Waals surface area (Å²) < 4.78 is 0. The Balaban J connectivity index is 1.37. The Morgan fingerprint density at radius 3 is 2.58 bits per heavy atom. The van der Waals surface area contributed by atoms with Gasteiger partial charge >= 0.3 is 0 Å². The van der Waals surface area contributed by atoms with Crippen molar-refractivity contribution in [3.63, 3.8) is 0 Å². The van der Waals surface area contributed by atoms with Gasteiger partial charge in [-0.05, 0) is 13.0 Å². The second kappa shape index (κ2) is 8.44. The van der Waals surface area contributed by atoms with Crippen molar-refractivity contribution in [1.29, 1.82) is 0 Å². The fourth-order valence-electron chi connectivity index (χ4n) is 3.85. The topological polar surface area (TPSA) is 55.4 Å². The molecule has 1 amide bonds. The number of hydrogen-bond acceptors (Lipinski definition) is 2. The van der Waals surface area contributed by atoms with E-state index in [1.807, 2.05) is 12.3 Å². The summed E-state index contributed by atoms with van der Waals surface area (Å²) in [5.74, 6) is 1.40. The van der Waals surface area contributed by atoms with Gasteiger partial charge in [0.2, 0.25) is 0 Å². The van der Waals surface area contributed by atoms with Crippen molar-refractivity contribution in [2.45, 2.75) is 25.8 Å². The molecule has 0 spiro atoms. The first-order chi connectivity index (χ1) is 11.7. The van der Waals surface area contributed by atoms with Crippen LogP contribution in [0.2, 0.25) is 0 Å². The molecule has 132 valence electrons. The molecule has 2 aliphatic heterocycles. The molecule has 0 saturated carbocycles. The monoisotopic (exact) mass is 334 g/mol. The van der Waals surface area contributed by atoms with Crippen molar-refractivity contribution in [3.8, 4) is 0 Å². The molecule has 0 aromatic carbocycles. The molecule has 0 unspecified atom stereocenters. The highest BCUT2D eigenvalue weighted by molar-refractivity contribution is 5.77. The number of H-pyrrole nitrogens is 1. The SMILES string of the molecule is CC[NH+]1CCC(NC(=O)C[NH+]2CCN(c3cccc[nH+]3)CC2)CC1. The zero-order valence-corrected chi connectivity index (χ0v) is 14.8. The molecule has 1 aromatic heterocycles. The minimum atomic E-state index is 0.231. The molecular formula is C18H32N5O+3. The van der Waals surface area contributed by atoms with Crippen molar-refractivity contribution < 1.29 is 19.6 Å². The summed E-state index contributed by atoms with van der Waals surface area (Å²) in [5, 5.41) is 3.26. The number of piperidine rings is 1. The molecule has 3 rings (SSSR count). The van der Waals surface area contributed by atoms with E-state index in [0.29, 0.717) is 12.6 Å². The fourth-order valence-corrected chi connectivity index (χ4v) is 3.85. The van der Waals surface area contributed by atoms with Crippen LogP contribution in [0.25, 0.3) is 0 Å². The highest BCUT2D eigenvalue weighted by Gasteiger charge is 2.28. The molecule has 2 saturated heterocycles. The average Bonchev–Trinajstić information content (AvgIpc) is 2.64. The number of nitrogens with zero attached hydrogens (tertiary/aromatic N) is 1. The van der Waals surface area contributed by atoms with Crippen LogP contribution in [0.1, 0.15) is 19.8 Å². The second-order valence-electron chi connectivity index (χ2n) is 7.11. The van der Waals surface area contributed by atoms with Gasteiger partial charge in [0, 0.05) is 24.9 Å². The number of pyridine rings is 1. The van der Waals surface area contributed by atoms with Gasteiger partial charge in [-0.15, -0.1) is 0 Å². The second-order valence-corrected chi connectivity index (χ2v) is 7.11. The van der Waals surface area contributed by atoms with E-state index in [2.05, 4.69) is 34.3 Å². The number of hydrogen-bond donors (Lipinski definition) is 3. The number of carbonyl (C=O) groups excluding carboxylic acids is 1. The van der Waals surface area contributed by atoms with E-state index in [-0.39, 0.29) is 5.91 Å². The first-order valence-corrected chi connectivity index (χ1v) is 9.42. The fraction of sp³-hybridized carbons (Fsp3) is 0.667. The van der Waals surface area contributed by atoms with E-state index in [9.17, 15) is 4.79 Å². The molecule has 6 nitrogen and oxygen atoms in total. The number of likely N-dealkylation sites (tertiary alicyclic amines) is 1. The highest BCUT2D eigenvalue weighted by atomic mass is 16.2. The van der Waals surface area contributed by atoms with Crippen LogP contribution in [0.15, 0.2) is 24.4 Å². The van der Waals surface area contributed by atoms with Crippen molar-refractivity contribution in [2.75, 3.05) is 57.3 Å². The van der Waals surface area contributed by atoms with Gasteiger partial charge in [0.1, 0.15) is 26.2 Å². The van der Waals surface area contributed by atoms with Gasteiger partial charge in [-0.1, -0.05) is 6.07 Å². The third-order valence-electron chi connectivity index (χ3n) is 5.47. The quantitative estimate of drug-likeness (QED) is 0.553. The number of aromatic nitrogens is 1. The lowest BCUT2D eigenvalue weighted by Crippen LogP contribution is -3.16. The zero-order chi connectivity index (χ0) is 16.8. The maximum Gasteiger partial charge on any atom is 0.275 e. The van der Waals surface area contributed by atoms with Crippen LogP contribution in [0.3, 0.4) is 0 Å². The number of anilines is 1. The Labute approximate surface area is 144 Å². The molecule has 3 heterocycles. The molecule has 6 heteroatoms. The van der Waals surface area contributed by atoms with E-state index >= 15 is 0 Å². The Morgan fingerprint density at radius 2 is 1.96 bits per heavy atom. The molecule has 0 radical (unpaired) electrons. The van der Waals surface area contributed by atoms with Crippen LogP contribution in [0.5, 0.6) is 0 Å². The van der Waals surface area contributed by atoms with Gasteiger partial charge in [-0.2, -0.15) is 0 Å². The minimum Gasteiger partial charge on any atom is -0.348 e. The zero-order valence-electron chi connectivity index (χ0n) is 14.8. The molecule has 0 bridgehead atoms. The summed E-state index contributed by atoms with van der Waals surface area (Å²) in [5.41, 5.74) is 0. The largest absolute Gasteiger partial charge is 0.348 e. The molecule has 24 heavy (non-hydrogen) atoms. The van der Waals surface area contributed by atoms with Crippen molar-refractivity contribution in [2.24, 2.45) is 0 Å². The van der Waals surface area contributed by atoms with Crippen LogP contribution in [-0.2, 0) is 4.79 Å². The Kier molecular flexibility index (Phi) is 6.04. The Hall–Kier alpha value is -1.66. The third kappa shape index (κ3) is 4.68. The molecule has 2 fully saturated rings. The van der Waals surface area contributed by atoms with Crippen LogP contribution in [0, 0.1) is 0 Å². The van der Waals surface area contributed by atoms with Crippen LogP contribution >= 0.6 is 0 Å². The Morgan fingerprint density at radius 1 is 1.21 bits per heavy atom. The number of piperazine rings is 1. The van der Waals surface area contributed by atoms with Crippen molar-refractivity contribution in [3.05, 3.63) is 24.4 Å². The molecule has 1 aromatic rings. The maximum absolute atomic E-state index is 12.3. The third-order valence-corrected chi connectivity index (χ3v) is 5.47. The lowest BCUT2D eigenvalue weighted by Gasteiger charge is -2.30. The number of rotatable bonds is 5. The lowest BCUT2D eigenvalue weighted by atomic mass is 10.1. The average molecular weight is 334 g/mol. The van der Waals surface area contributed by atoms with Gasteiger partial charge in [0.15, 0.2) is 6.54 Å². The summed E-state index contributed by atoms with van der Waals surface area (Å²) in [6.07, 6.45) is 4.22. The first-order valence-electron chi connectivity index (χ1n) is 9.42. The predicted octanol–water partition coefficient (Wildman–Crippen LogP) is -2.61. The summed E-state index contributed by atoms with van der Waals surface area (Å²) in [6, 6.07) is 6.57. The number of aromatic amines is 1. The van der Waals surface area contributed by atoms with Gasteiger partial charge in [-0.3, -0.25) is 9.69 Å². The molecule has 0 atom stereocenters. The lowest BCUT2D eigenvalue weighted by molar-refractivity contribution is -0.903. The molecular weight excluding hydrogens is 302 g/mol. The number of amides is 1. The maximum atomic E-state index is 12.3. The van der Waals surface area contributed by atoms with E-state index < -0.39 is 0 Å². The summed E-state index contributed by atoms with van der Waals surface area (Å²) in [4.78, 5) is 21.0. The molecule has 2 aliphatic rings. The minimum absolute atomic E-state index is 0.231. The van der Waals surface area contributed by atoms with Gasteiger partial charge in [-0.25, -0.2) is 4.98 Å². The van der Waals surface area contributed by atoms with E-state index in [4.69, 9.17) is 0 Å².